The van der Waals surface area contributed by atoms with Gasteiger partial charge in [-0.05, 0) is 6.92 Å². The lowest BCUT2D eigenvalue weighted by Crippen LogP contribution is -2.49. The van der Waals surface area contributed by atoms with Gasteiger partial charge in [-0.1, -0.05) is 0 Å². The molecule has 82 valence electrons. The Hall–Kier alpha value is -1.02. The summed E-state index contributed by atoms with van der Waals surface area (Å²) in [6.07, 6.45) is -8.32. The summed E-state index contributed by atoms with van der Waals surface area (Å²) in [5.74, 6) is -2.60. The summed E-state index contributed by atoms with van der Waals surface area (Å²) in [5.41, 5.74) is 0. The minimum absolute atomic E-state index is 0.839. The summed E-state index contributed by atoms with van der Waals surface area (Å²) in [5, 5.41) is 43.9. The van der Waals surface area contributed by atoms with E-state index in [9.17, 15) is 9.59 Å². The van der Waals surface area contributed by atoms with Crippen molar-refractivity contribution in [3.8, 4) is 0 Å². The molecule has 0 spiro atoms. The molecule has 0 fully saturated rings. The first kappa shape index (κ1) is 13.0. The minimum atomic E-state index is -2.25. The van der Waals surface area contributed by atoms with Crippen molar-refractivity contribution in [2.75, 3.05) is 0 Å². The Morgan fingerprint density at radius 3 is 1.57 bits per heavy atom. The molecule has 0 bridgehead atoms. The van der Waals surface area contributed by atoms with Crippen LogP contribution in [0.5, 0.6) is 0 Å². The third-order valence-electron chi connectivity index (χ3n) is 1.67. The van der Waals surface area contributed by atoms with Crippen molar-refractivity contribution in [2.24, 2.45) is 0 Å². The van der Waals surface area contributed by atoms with Crippen LogP contribution in [0.25, 0.3) is 0 Å². The monoisotopic (exact) mass is 208 g/mol. The fourth-order valence-corrected chi connectivity index (χ4v) is 0.760. The number of carboxylic acids is 1. The highest BCUT2D eigenvalue weighted by molar-refractivity contribution is 5.81. The normalized spacial score (nSPS) is 19.5. The van der Waals surface area contributed by atoms with Crippen molar-refractivity contribution in [1.29, 1.82) is 0 Å². The molecule has 0 aliphatic carbocycles. The second-order valence-corrected chi connectivity index (χ2v) is 2.82. The van der Waals surface area contributed by atoms with Crippen LogP contribution in [0.1, 0.15) is 6.92 Å². The van der Waals surface area contributed by atoms with Crippen molar-refractivity contribution in [3.05, 3.63) is 0 Å². The van der Waals surface area contributed by atoms with E-state index in [4.69, 9.17) is 25.5 Å². The van der Waals surface area contributed by atoms with E-state index < -0.39 is 36.2 Å². The second-order valence-electron chi connectivity index (χ2n) is 2.82. The fourth-order valence-electron chi connectivity index (χ4n) is 0.760. The largest absolute Gasteiger partial charge is 0.479 e. The second kappa shape index (κ2) is 5.01. The first-order chi connectivity index (χ1) is 6.29. The van der Waals surface area contributed by atoms with Crippen LogP contribution in [0, 0.1) is 0 Å². The standard InChI is InChI=1S/C7H12O7/c1-2(8)3(9)4(10)5(11)6(12)7(13)14/h3-6,9-12H,1H3,(H,13,14). The third-order valence-corrected chi connectivity index (χ3v) is 1.67. The van der Waals surface area contributed by atoms with Gasteiger partial charge in [0.1, 0.15) is 18.3 Å². The predicted octanol–water partition coefficient (Wildman–Crippen LogP) is -2.90. The number of ketones is 1. The summed E-state index contributed by atoms with van der Waals surface area (Å²) >= 11 is 0. The quantitative estimate of drug-likeness (QED) is 0.327. The smallest absolute Gasteiger partial charge is 0.335 e. The average Bonchev–Trinajstić information content (AvgIpc) is 2.12. The van der Waals surface area contributed by atoms with E-state index in [-0.39, 0.29) is 0 Å². The van der Waals surface area contributed by atoms with Gasteiger partial charge in [0.05, 0.1) is 0 Å². The number of aliphatic hydroxyl groups is 4. The van der Waals surface area contributed by atoms with Gasteiger partial charge in [0.15, 0.2) is 11.9 Å². The number of hydrogen-bond donors (Lipinski definition) is 5. The van der Waals surface area contributed by atoms with E-state index in [1.54, 1.807) is 0 Å². The third kappa shape index (κ3) is 3.04. The number of aliphatic hydroxyl groups excluding tert-OH is 4. The van der Waals surface area contributed by atoms with Crippen molar-refractivity contribution in [2.45, 2.75) is 31.3 Å². The Balaban J connectivity index is 4.45. The van der Waals surface area contributed by atoms with Crippen LogP contribution in [0.15, 0.2) is 0 Å². The molecule has 14 heavy (non-hydrogen) atoms. The van der Waals surface area contributed by atoms with Crippen LogP contribution < -0.4 is 0 Å². The lowest BCUT2D eigenvalue weighted by atomic mass is 10.0. The zero-order valence-electron chi connectivity index (χ0n) is 7.36. The van der Waals surface area contributed by atoms with Crippen molar-refractivity contribution < 1.29 is 35.1 Å². The van der Waals surface area contributed by atoms with E-state index in [2.05, 4.69) is 0 Å². The summed E-state index contributed by atoms with van der Waals surface area (Å²) < 4.78 is 0. The number of aliphatic carboxylic acids is 1. The average molecular weight is 208 g/mol. The molecule has 5 N–H and O–H groups in total. The summed E-state index contributed by atoms with van der Waals surface area (Å²) in [6, 6.07) is 0. The molecular formula is C7H12O7. The highest BCUT2D eigenvalue weighted by Gasteiger charge is 2.35. The first-order valence-corrected chi connectivity index (χ1v) is 3.74. The van der Waals surface area contributed by atoms with E-state index in [0.29, 0.717) is 0 Å². The first-order valence-electron chi connectivity index (χ1n) is 3.74. The van der Waals surface area contributed by atoms with E-state index in [0.717, 1.165) is 6.92 Å². The van der Waals surface area contributed by atoms with Gasteiger partial charge in [0, 0.05) is 0 Å². The predicted molar refractivity (Wildman–Crippen MR) is 42.3 cm³/mol. The fraction of sp³-hybridized carbons (Fsp3) is 0.714. The Labute approximate surface area is 79.2 Å². The van der Waals surface area contributed by atoms with Gasteiger partial charge < -0.3 is 25.5 Å². The minimum Gasteiger partial charge on any atom is -0.479 e. The zero-order valence-corrected chi connectivity index (χ0v) is 7.36. The molecule has 4 unspecified atom stereocenters. The summed E-state index contributed by atoms with van der Waals surface area (Å²) in [6.45, 7) is 0.952. The Morgan fingerprint density at radius 1 is 0.929 bits per heavy atom. The molecule has 0 heterocycles. The van der Waals surface area contributed by atoms with Gasteiger partial charge in [0.2, 0.25) is 0 Å². The lowest BCUT2D eigenvalue weighted by Gasteiger charge is -2.22. The van der Waals surface area contributed by atoms with Crippen LogP contribution in [0.2, 0.25) is 0 Å². The lowest BCUT2D eigenvalue weighted by molar-refractivity contribution is -0.165. The number of Topliss-reactive ketones (excluding diaryl/α,β-unsaturated/α-hetero) is 1. The molecule has 0 saturated heterocycles. The highest BCUT2D eigenvalue weighted by Crippen LogP contribution is 2.06. The maximum absolute atomic E-state index is 10.5. The zero-order chi connectivity index (χ0) is 11.5. The molecule has 0 aromatic rings. The molecule has 0 saturated carbocycles. The van der Waals surface area contributed by atoms with E-state index in [1.165, 1.54) is 0 Å². The topological polar surface area (TPSA) is 135 Å². The molecule has 0 aliphatic rings. The maximum Gasteiger partial charge on any atom is 0.335 e. The number of carboxylic acid groups (broad SMARTS) is 1. The van der Waals surface area contributed by atoms with Crippen molar-refractivity contribution in [1.82, 2.24) is 0 Å². The number of rotatable bonds is 5. The molecule has 7 nitrogen and oxygen atoms in total. The molecule has 4 atom stereocenters. The van der Waals surface area contributed by atoms with Crippen LogP contribution in [0.4, 0.5) is 0 Å². The summed E-state index contributed by atoms with van der Waals surface area (Å²) in [7, 11) is 0. The number of hydrogen-bond acceptors (Lipinski definition) is 6. The van der Waals surface area contributed by atoms with Gasteiger partial charge in [-0.3, -0.25) is 4.79 Å². The molecule has 0 radical (unpaired) electrons. The van der Waals surface area contributed by atoms with Gasteiger partial charge in [-0.25, -0.2) is 4.79 Å². The highest BCUT2D eigenvalue weighted by atomic mass is 16.4. The van der Waals surface area contributed by atoms with Gasteiger partial charge in [-0.2, -0.15) is 0 Å². The molecule has 7 heteroatoms. The Morgan fingerprint density at radius 2 is 1.29 bits per heavy atom. The van der Waals surface area contributed by atoms with Gasteiger partial charge in [0.25, 0.3) is 0 Å². The van der Waals surface area contributed by atoms with Crippen LogP contribution in [-0.4, -0.2) is 61.7 Å². The maximum atomic E-state index is 10.5. The Bertz CT molecular complexity index is 202. The van der Waals surface area contributed by atoms with Crippen LogP contribution in [-0.2, 0) is 9.59 Å². The van der Waals surface area contributed by atoms with Gasteiger partial charge in [-0.15, -0.1) is 0 Å². The number of carbonyl (C=O) groups is 2. The molecular weight excluding hydrogens is 196 g/mol. The molecule has 0 amide bonds. The van der Waals surface area contributed by atoms with Crippen molar-refractivity contribution in [3.63, 3.8) is 0 Å². The molecule has 0 aromatic carbocycles. The van der Waals surface area contributed by atoms with E-state index >= 15 is 0 Å². The molecule has 0 aromatic heterocycles. The van der Waals surface area contributed by atoms with Crippen LogP contribution >= 0.6 is 0 Å². The van der Waals surface area contributed by atoms with Crippen molar-refractivity contribution >= 4 is 11.8 Å². The SMILES string of the molecule is CC(=O)C(O)C(O)C(O)C(O)C(=O)O. The van der Waals surface area contributed by atoms with Gasteiger partial charge >= 0.3 is 5.97 Å². The Kier molecular flexibility index (Phi) is 4.64. The van der Waals surface area contributed by atoms with Crippen LogP contribution in [0.3, 0.4) is 0 Å². The molecule has 0 rings (SSSR count). The summed E-state index contributed by atoms with van der Waals surface area (Å²) in [4.78, 5) is 20.7. The van der Waals surface area contributed by atoms with E-state index in [1.807, 2.05) is 0 Å². The molecule has 0 aliphatic heterocycles. The number of carbonyl (C=O) groups excluding carboxylic acids is 1.